The van der Waals surface area contributed by atoms with Crippen LogP contribution in [0.4, 0.5) is 0 Å². The quantitative estimate of drug-likeness (QED) is 0.897. The Kier molecular flexibility index (Phi) is 3.82. The van der Waals surface area contributed by atoms with Crippen LogP contribution >= 0.6 is 0 Å². The molecule has 0 radical (unpaired) electrons. The van der Waals surface area contributed by atoms with E-state index in [2.05, 4.69) is 41.6 Å². The number of rotatable bonds is 4. The van der Waals surface area contributed by atoms with Crippen LogP contribution in [0.15, 0.2) is 30.6 Å². The van der Waals surface area contributed by atoms with Gasteiger partial charge in [-0.1, -0.05) is 19.1 Å². The molecule has 2 N–H and O–H groups in total. The van der Waals surface area contributed by atoms with Gasteiger partial charge in [0.15, 0.2) is 0 Å². The zero-order valence-electron chi connectivity index (χ0n) is 11.4. The predicted octanol–water partition coefficient (Wildman–Crippen LogP) is 2.63. The molecule has 1 atom stereocenters. The third-order valence-electron chi connectivity index (χ3n) is 3.11. The molecule has 3 heteroatoms. The molecular formula is C15H21N3. The minimum atomic E-state index is 0.203. The van der Waals surface area contributed by atoms with E-state index in [0.717, 1.165) is 18.7 Å². The first-order valence-electron chi connectivity index (χ1n) is 6.49. The van der Waals surface area contributed by atoms with E-state index in [1.54, 1.807) is 0 Å². The van der Waals surface area contributed by atoms with Crippen molar-refractivity contribution in [3.05, 3.63) is 47.5 Å². The van der Waals surface area contributed by atoms with Crippen LogP contribution in [0.1, 0.15) is 30.8 Å². The van der Waals surface area contributed by atoms with Crippen LogP contribution in [0, 0.1) is 6.92 Å². The van der Waals surface area contributed by atoms with Crippen LogP contribution in [0.5, 0.6) is 0 Å². The van der Waals surface area contributed by atoms with E-state index in [1.165, 1.54) is 16.8 Å². The van der Waals surface area contributed by atoms with Gasteiger partial charge in [-0.05, 0) is 37.5 Å². The molecule has 18 heavy (non-hydrogen) atoms. The first-order valence-corrected chi connectivity index (χ1v) is 6.49. The van der Waals surface area contributed by atoms with Gasteiger partial charge < -0.3 is 10.3 Å². The maximum absolute atomic E-state index is 5.84. The second-order valence-corrected chi connectivity index (χ2v) is 4.87. The molecule has 0 aliphatic heterocycles. The van der Waals surface area contributed by atoms with Crippen LogP contribution in [-0.2, 0) is 12.8 Å². The number of hydrogen-bond acceptors (Lipinski definition) is 2. The highest BCUT2D eigenvalue weighted by molar-refractivity contribution is 5.44. The summed E-state index contributed by atoms with van der Waals surface area (Å²) in [6.45, 7) is 6.30. The molecule has 0 saturated carbocycles. The number of nitrogens with zero attached hydrogens (tertiary/aromatic N) is 2. The third kappa shape index (κ3) is 2.62. The van der Waals surface area contributed by atoms with Crippen molar-refractivity contribution < 1.29 is 0 Å². The highest BCUT2D eigenvalue weighted by Crippen LogP contribution is 2.18. The maximum Gasteiger partial charge on any atom is 0.112 e. The molecule has 1 aromatic heterocycles. The second kappa shape index (κ2) is 5.36. The highest BCUT2D eigenvalue weighted by Gasteiger charge is 2.07. The van der Waals surface area contributed by atoms with E-state index < -0.39 is 0 Å². The van der Waals surface area contributed by atoms with Gasteiger partial charge in [0, 0.05) is 30.5 Å². The molecule has 0 saturated heterocycles. The van der Waals surface area contributed by atoms with E-state index in [9.17, 15) is 0 Å². The van der Waals surface area contributed by atoms with Gasteiger partial charge in [0.05, 0.1) is 0 Å². The van der Waals surface area contributed by atoms with E-state index >= 15 is 0 Å². The summed E-state index contributed by atoms with van der Waals surface area (Å²) in [4.78, 5) is 4.37. The zero-order chi connectivity index (χ0) is 13.1. The largest absolute Gasteiger partial charge is 0.328 e. The van der Waals surface area contributed by atoms with E-state index in [1.807, 2.05) is 19.3 Å². The summed E-state index contributed by atoms with van der Waals surface area (Å²) in [5, 5.41) is 0. The standard InChI is InChI=1S/C15H21N3/c1-4-15-17-7-8-18(15)14-6-5-13(9-11(14)2)10-12(3)16/h5-9,12H,4,10,16H2,1-3H3. The number of aromatic nitrogens is 2. The van der Waals surface area contributed by atoms with Gasteiger partial charge in [0.1, 0.15) is 5.82 Å². The van der Waals surface area contributed by atoms with Gasteiger partial charge in [0.2, 0.25) is 0 Å². The van der Waals surface area contributed by atoms with E-state index in [4.69, 9.17) is 5.73 Å². The highest BCUT2D eigenvalue weighted by atomic mass is 15.1. The van der Waals surface area contributed by atoms with Crippen molar-refractivity contribution in [2.24, 2.45) is 5.73 Å². The Hall–Kier alpha value is -1.61. The summed E-state index contributed by atoms with van der Waals surface area (Å²) >= 11 is 0. The fraction of sp³-hybridized carbons (Fsp3) is 0.400. The lowest BCUT2D eigenvalue weighted by molar-refractivity contribution is 0.737. The average molecular weight is 243 g/mol. The summed E-state index contributed by atoms with van der Waals surface area (Å²) < 4.78 is 2.16. The van der Waals surface area contributed by atoms with Crippen molar-refractivity contribution in [3.8, 4) is 5.69 Å². The fourth-order valence-corrected chi connectivity index (χ4v) is 2.30. The summed E-state index contributed by atoms with van der Waals surface area (Å²) in [7, 11) is 0. The molecule has 3 nitrogen and oxygen atoms in total. The molecule has 0 aliphatic carbocycles. The average Bonchev–Trinajstić information content (AvgIpc) is 2.76. The van der Waals surface area contributed by atoms with Gasteiger partial charge in [-0.25, -0.2) is 4.98 Å². The Balaban J connectivity index is 2.35. The lowest BCUT2D eigenvalue weighted by Gasteiger charge is -2.12. The Bertz CT molecular complexity index is 526. The molecule has 0 amide bonds. The number of imidazole rings is 1. The summed E-state index contributed by atoms with van der Waals surface area (Å²) in [6, 6.07) is 6.74. The van der Waals surface area contributed by atoms with Crippen molar-refractivity contribution in [2.45, 2.75) is 39.7 Å². The van der Waals surface area contributed by atoms with Crippen molar-refractivity contribution >= 4 is 0 Å². The molecule has 0 aliphatic rings. The second-order valence-electron chi connectivity index (χ2n) is 4.87. The first-order chi connectivity index (χ1) is 8.61. The normalized spacial score (nSPS) is 12.7. The van der Waals surface area contributed by atoms with E-state index in [0.29, 0.717) is 0 Å². The fourth-order valence-electron chi connectivity index (χ4n) is 2.30. The van der Waals surface area contributed by atoms with Gasteiger partial charge in [-0.3, -0.25) is 0 Å². The monoisotopic (exact) mass is 243 g/mol. The minimum absolute atomic E-state index is 0.203. The van der Waals surface area contributed by atoms with Crippen LogP contribution < -0.4 is 5.73 Å². The van der Waals surface area contributed by atoms with Gasteiger partial charge in [0.25, 0.3) is 0 Å². The molecule has 0 fully saturated rings. The molecule has 96 valence electrons. The molecule has 1 aromatic carbocycles. The van der Waals surface area contributed by atoms with E-state index in [-0.39, 0.29) is 6.04 Å². The van der Waals surface area contributed by atoms with Crippen LogP contribution in [0.2, 0.25) is 0 Å². The minimum Gasteiger partial charge on any atom is -0.328 e. The number of benzene rings is 1. The SMILES string of the molecule is CCc1nccn1-c1ccc(CC(C)N)cc1C. The molecule has 2 aromatic rings. The molecule has 0 bridgehead atoms. The smallest absolute Gasteiger partial charge is 0.112 e. The first kappa shape index (κ1) is 12.8. The molecule has 0 spiro atoms. The lowest BCUT2D eigenvalue weighted by atomic mass is 10.0. The molecule has 1 unspecified atom stereocenters. The van der Waals surface area contributed by atoms with Crippen LogP contribution in [0.3, 0.4) is 0 Å². The number of hydrogen-bond donors (Lipinski definition) is 1. The summed E-state index contributed by atoms with van der Waals surface area (Å²) in [5.41, 5.74) is 9.60. The molecule has 1 heterocycles. The van der Waals surface area contributed by atoms with Gasteiger partial charge in [-0.15, -0.1) is 0 Å². The van der Waals surface area contributed by atoms with Crippen molar-refractivity contribution in [2.75, 3.05) is 0 Å². The third-order valence-corrected chi connectivity index (χ3v) is 3.11. The Labute approximate surface area is 109 Å². The van der Waals surface area contributed by atoms with Gasteiger partial charge >= 0.3 is 0 Å². The Morgan fingerprint density at radius 1 is 1.39 bits per heavy atom. The van der Waals surface area contributed by atoms with Gasteiger partial charge in [-0.2, -0.15) is 0 Å². The van der Waals surface area contributed by atoms with Crippen molar-refractivity contribution in [1.29, 1.82) is 0 Å². The van der Waals surface area contributed by atoms with Crippen molar-refractivity contribution in [1.82, 2.24) is 9.55 Å². The van der Waals surface area contributed by atoms with Crippen molar-refractivity contribution in [3.63, 3.8) is 0 Å². The Morgan fingerprint density at radius 2 is 2.17 bits per heavy atom. The van der Waals surface area contributed by atoms with Crippen LogP contribution in [-0.4, -0.2) is 15.6 Å². The number of nitrogens with two attached hydrogens (primary N) is 1. The molecular weight excluding hydrogens is 222 g/mol. The number of aryl methyl sites for hydroxylation is 2. The molecule has 2 rings (SSSR count). The zero-order valence-corrected chi connectivity index (χ0v) is 11.4. The maximum atomic E-state index is 5.84. The Morgan fingerprint density at radius 3 is 2.78 bits per heavy atom. The topological polar surface area (TPSA) is 43.8 Å². The predicted molar refractivity (Wildman–Crippen MR) is 75.0 cm³/mol. The van der Waals surface area contributed by atoms with Crippen LogP contribution in [0.25, 0.3) is 5.69 Å². The summed E-state index contributed by atoms with van der Waals surface area (Å²) in [6.07, 6.45) is 5.74. The summed E-state index contributed by atoms with van der Waals surface area (Å²) in [5.74, 6) is 1.10. The lowest BCUT2D eigenvalue weighted by Crippen LogP contribution is -2.17.